The smallest absolute Gasteiger partial charge is 0.238 e. The Morgan fingerprint density at radius 2 is 1.83 bits per heavy atom. The average Bonchev–Trinajstić information content (AvgIpc) is 3.10. The number of halogens is 3. The van der Waals surface area contributed by atoms with E-state index in [0.717, 1.165) is 11.3 Å². The highest BCUT2D eigenvalue weighted by Crippen LogP contribution is 2.43. The van der Waals surface area contributed by atoms with Crippen LogP contribution in [0.1, 0.15) is 16.5 Å². The first-order chi connectivity index (χ1) is 14.0. The number of amides is 1. The fraction of sp³-hybridized carbons (Fsp3) is 0.136. The predicted octanol–water partition coefficient (Wildman–Crippen LogP) is 6.49. The van der Waals surface area contributed by atoms with Gasteiger partial charge in [0.25, 0.3) is 0 Å². The number of thioether (sulfide) groups is 1. The maximum absolute atomic E-state index is 13.8. The molecule has 0 aromatic heterocycles. The van der Waals surface area contributed by atoms with Crippen LogP contribution in [0.25, 0.3) is 0 Å². The van der Waals surface area contributed by atoms with Crippen molar-refractivity contribution in [2.24, 2.45) is 0 Å². The van der Waals surface area contributed by atoms with Crippen LogP contribution >= 0.6 is 35.0 Å². The average molecular weight is 448 g/mol. The molecule has 3 aromatic rings. The predicted molar refractivity (Wildman–Crippen MR) is 116 cm³/mol. The van der Waals surface area contributed by atoms with Gasteiger partial charge in [0.1, 0.15) is 23.5 Å². The first-order valence-corrected chi connectivity index (χ1v) is 10.7. The molecule has 1 fully saturated rings. The molecule has 0 spiro atoms. The zero-order valence-electron chi connectivity index (χ0n) is 15.1. The van der Waals surface area contributed by atoms with Crippen molar-refractivity contribution in [3.8, 4) is 5.75 Å². The number of benzene rings is 3. The highest BCUT2D eigenvalue weighted by molar-refractivity contribution is 8.00. The summed E-state index contributed by atoms with van der Waals surface area (Å²) in [4.78, 5) is 14.2. The van der Waals surface area contributed by atoms with Crippen LogP contribution in [0.3, 0.4) is 0 Å². The Morgan fingerprint density at radius 1 is 1.07 bits per heavy atom. The Hall–Kier alpha value is -2.21. The van der Waals surface area contributed by atoms with Crippen LogP contribution < -0.4 is 9.64 Å². The lowest BCUT2D eigenvalue weighted by Gasteiger charge is -2.25. The normalized spacial score (nSPS) is 16.3. The number of carbonyl (C=O) groups is 1. The van der Waals surface area contributed by atoms with Crippen LogP contribution in [0.15, 0.2) is 66.7 Å². The van der Waals surface area contributed by atoms with Crippen molar-refractivity contribution in [3.63, 3.8) is 0 Å². The van der Waals surface area contributed by atoms with Crippen molar-refractivity contribution in [2.75, 3.05) is 10.7 Å². The van der Waals surface area contributed by atoms with Crippen LogP contribution in [0, 0.1) is 5.82 Å². The van der Waals surface area contributed by atoms with E-state index < -0.39 is 0 Å². The van der Waals surface area contributed by atoms with Gasteiger partial charge in [0, 0.05) is 16.3 Å². The molecule has 148 valence electrons. The lowest BCUT2D eigenvalue weighted by Crippen LogP contribution is -2.27. The Balaban J connectivity index is 1.54. The van der Waals surface area contributed by atoms with Crippen molar-refractivity contribution in [1.29, 1.82) is 0 Å². The van der Waals surface area contributed by atoms with E-state index in [1.165, 1.54) is 17.8 Å². The molecule has 1 saturated heterocycles. The quantitative estimate of drug-likeness (QED) is 0.447. The minimum atomic E-state index is -0.320. The van der Waals surface area contributed by atoms with Gasteiger partial charge in [-0.25, -0.2) is 4.39 Å². The SMILES string of the molecule is O=C1CS[C@@H](c2ccc(OCc3ccccc3F)c(Cl)c2)N1c1ccc(Cl)cc1. The van der Waals surface area contributed by atoms with Gasteiger partial charge in [0.15, 0.2) is 0 Å². The molecule has 1 heterocycles. The molecule has 0 N–H and O–H groups in total. The van der Waals surface area contributed by atoms with Crippen LogP contribution in [0.4, 0.5) is 10.1 Å². The van der Waals surface area contributed by atoms with Crippen molar-refractivity contribution in [1.82, 2.24) is 0 Å². The number of rotatable bonds is 5. The molecular weight excluding hydrogens is 432 g/mol. The Kier molecular flexibility index (Phi) is 5.99. The molecule has 4 rings (SSSR count). The topological polar surface area (TPSA) is 29.5 Å². The first kappa shape index (κ1) is 20.1. The van der Waals surface area contributed by atoms with Gasteiger partial charge in [0.05, 0.1) is 10.8 Å². The van der Waals surface area contributed by atoms with Crippen LogP contribution in [0.5, 0.6) is 5.75 Å². The lowest BCUT2D eigenvalue weighted by atomic mass is 10.1. The molecule has 0 radical (unpaired) electrons. The fourth-order valence-corrected chi connectivity index (χ4v) is 4.65. The number of ether oxygens (including phenoxy) is 1. The summed E-state index contributed by atoms with van der Waals surface area (Å²) in [6.07, 6.45) is 0. The molecule has 1 aliphatic rings. The van der Waals surface area contributed by atoms with Gasteiger partial charge in [-0.2, -0.15) is 0 Å². The zero-order valence-corrected chi connectivity index (χ0v) is 17.5. The van der Waals surface area contributed by atoms with Crippen molar-refractivity contribution in [2.45, 2.75) is 12.0 Å². The third-order valence-electron chi connectivity index (χ3n) is 4.55. The molecule has 1 amide bonds. The van der Waals surface area contributed by atoms with Crippen LogP contribution in [0.2, 0.25) is 10.0 Å². The third kappa shape index (κ3) is 4.37. The molecule has 1 aliphatic heterocycles. The summed E-state index contributed by atoms with van der Waals surface area (Å²) < 4.78 is 19.5. The van der Waals surface area contributed by atoms with Crippen molar-refractivity contribution < 1.29 is 13.9 Å². The monoisotopic (exact) mass is 447 g/mol. The summed E-state index contributed by atoms with van der Waals surface area (Å²) in [5.74, 6) is 0.556. The van der Waals surface area contributed by atoms with E-state index >= 15 is 0 Å². The van der Waals surface area contributed by atoms with Crippen LogP contribution in [-0.2, 0) is 11.4 Å². The summed E-state index contributed by atoms with van der Waals surface area (Å²) in [6.45, 7) is 0.0826. The van der Waals surface area contributed by atoms with E-state index in [1.807, 2.05) is 18.2 Å². The lowest BCUT2D eigenvalue weighted by molar-refractivity contribution is -0.115. The molecule has 7 heteroatoms. The van der Waals surface area contributed by atoms with Gasteiger partial charge in [-0.15, -0.1) is 11.8 Å². The zero-order chi connectivity index (χ0) is 20.4. The summed E-state index contributed by atoms with van der Waals surface area (Å²) >= 11 is 13.9. The summed E-state index contributed by atoms with van der Waals surface area (Å²) in [5, 5.41) is 0.834. The molecule has 0 aliphatic carbocycles. The maximum Gasteiger partial charge on any atom is 0.238 e. The molecular formula is C22H16Cl2FNO2S. The first-order valence-electron chi connectivity index (χ1n) is 8.88. The van der Waals surface area contributed by atoms with E-state index in [4.69, 9.17) is 27.9 Å². The number of hydrogen-bond acceptors (Lipinski definition) is 3. The highest BCUT2D eigenvalue weighted by atomic mass is 35.5. The van der Waals surface area contributed by atoms with Gasteiger partial charge in [-0.05, 0) is 48.0 Å². The van der Waals surface area contributed by atoms with Gasteiger partial charge in [-0.1, -0.05) is 47.5 Å². The van der Waals surface area contributed by atoms with Gasteiger partial charge >= 0.3 is 0 Å². The molecule has 3 aromatic carbocycles. The molecule has 29 heavy (non-hydrogen) atoms. The second-order valence-electron chi connectivity index (χ2n) is 6.47. The summed E-state index contributed by atoms with van der Waals surface area (Å²) in [7, 11) is 0. The second-order valence-corrected chi connectivity index (χ2v) is 8.39. The van der Waals surface area contributed by atoms with Gasteiger partial charge < -0.3 is 4.74 Å². The molecule has 1 atom stereocenters. The van der Waals surface area contributed by atoms with E-state index in [-0.39, 0.29) is 23.7 Å². The number of hydrogen-bond donors (Lipinski definition) is 0. The maximum atomic E-state index is 13.8. The number of nitrogens with zero attached hydrogens (tertiary/aromatic N) is 1. The van der Waals surface area contributed by atoms with Crippen LogP contribution in [-0.4, -0.2) is 11.7 Å². The number of anilines is 1. The summed E-state index contributed by atoms with van der Waals surface area (Å²) in [5.41, 5.74) is 2.13. The van der Waals surface area contributed by atoms with Gasteiger partial charge in [-0.3, -0.25) is 9.69 Å². The molecule has 3 nitrogen and oxygen atoms in total. The second kappa shape index (κ2) is 8.66. The van der Waals surface area contributed by atoms with Crippen molar-refractivity contribution >= 4 is 46.6 Å². The number of carbonyl (C=O) groups excluding carboxylic acids is 1. The minimum Gasteiger partial charge on any atom is -0.487 e. The third-order valence-corrected chi connectivity index (χ3v) is 6.31. The Bertz CT molecular complexity index is 1050. The standard InChI is InChI=1S/C22H16Cl2FNO2S/c23-16-6-8-17(9-7-16)26-21(27)13-29-22(26)14-5-10-20(18(24)11-14)28-12-15-3-1-2-4-19(15)25/h1-11,22H,12-13H2/t22-/m0/s1. The Morgan fingerprint density at radius 3 is 2.55 bits per heavy atom. The Labute approximate surface area is 182 Å². The van der Waals surface area contributed by atoms with E-state index in [1.54, 1.807) is 47.4 Å². The highest BCUT2D eigenvalue weighted by Gasteiger charge is 2.34. The van der Waals surface area contributed by atoms with E-state index in [9.17, 15) is 9.18 Å². The molecule has 0 bridgehead atoms. The van der Waals surface area contributed by atoms with E-state index in [0.29, 0.717) is 27.1 Å². The van der Waals surface area contributed by atoms with Crippen molar-refractivity contribution in [3.05, 3.63) is 93.7 Å². The van der Waals surface area contributed by atoms with Gasteiger partial charge in [0.2, 0.25) is 5.91 Å². The minimum absolute atomic E-state index is 0.0262. The summed E-state index contributed by atoms with van der Waals surface area (Å²) in [6, 6.07) is 19.0. The van der Waals surface area contributed by atoms with E-state index in [2.05, 4.69) is 0 Å². The largest absolute Gasteiger partial charge is 0.487 e. The molecule has 0 saturated carbocycles. The molecule has 0 unspecified atom stereocenters. The fourth-order valence-electron chi connectivity index (χ4n) is 3.11.